The second-order valence-corrected chi connectivity index (χ2v) is 5.83. The van der Waals surface area contributed by atoms with Crippen LogP contribution in [0.2, 0.25) is 0 Å². The van der Waals surface area contributed by atoms with E-state index in [0.717, 1.165) is 0 Å². The maximum Gasteiger partial charge on any atom is 0.521 e. The monoisotopic (exact) mass is 265 g/mol. The SMILES string of the molecule is CCO[Si](CN(CC)C(=O)O)(OCC)OCC. The number of hydrogen-bond donors (Lipinski definition) is 1. The lowest BCUT2D eigenvalue weighted by Gasteiger charge is -2.31. The van der Waals surface area contributed by atoms with E-state index in [1.54, 1.807) is 6.92 Å². The summed E-state index contributed by atoms with van der Waals surface area (Å²) in [6.45, 7) is 9.04. The van der Waals surface area contributed by atoms with E-state index in [2.05, 4.69) is 0 Å². The minimum atomic E-state index is -2.90. The first kappa shape index (κ1) is 16.4. The first-order valence-corrected chi connectivity index (χ1v) is 7.88. The molecule has 0 spiro atoms. The average Bonchev–Trinajstić information content (AvgIpc) is 2.26. The molecule has 0 aromatic rings. The van der Waals surface area contributed by atoms with Gasteiger partial charge in [0.15, 0.2) is 0 Å². The second kappa shape index (κ2) is 8.46. The lowest BCUT2D eigenvalue weighted by Crippen LogP contribution is -2.56. The van der Waals surface area contributed by atoms with E-state index < -0.39 is 14.9 Å². The highest BCUT2D eigenvalue weighted by atomic mass is 28.4. The fourth-order valence-corrected chi connectivity index (χ4v) is 4.14. The molecule has 0 aliphatic carbocycles. The summed E-state index contributed by atoms with van der Waals surface area (Å²) in [5.41, 5.74) is 0. The molecule has 0 fully saturated rings. The molecule has 0 saturated heterocycles. The fraction of sp³-hybridized carbons (Fsp3) is 0.900. The van der Waals surface area contributed by atoms with Crippen LogP contribution in [-0.2, 0) is 13.3 Å². The Kier molecular flexibility index (Phi) is 8.14. The van der Waals surface area contributed by atoms with Crippen LogP contribution in [0.4, 0.5) is 4.79 Å². The summed E-state index contributed by atoms with van der Waals surface area (Å²) in [6.07, 6.45) is -0.808. The van der Waals surface area contributed by atoms with Gasteiger partial charge in [0.2, 0.25) is 0 Å². The number of carboxylic acid groups (broad SMARTS) is 1. The third-order valence-corrected chi connectivity index (χ3v) is 5.08. The van der Waals surface area contributed by atoms with Crippen molar-refractivity contribution < 1.29 is 23.2 Å². The van der Waals surface area contributed by atoms with Crippen LogP contribution in [0.5, 0.6) is 0 Å². The standard InChI is InChI=1S/C10H23NO5Si/c1-5-11(10(12)13)9-17(14-6-2,15-7-3)16-8-4/h5-9H2,1-4H3,(H,12,13). The summed E-state index contributed by atoms with van der Waals surface area (Å²) in [5.74, 6) is 0. The summed E-state index contributed by atoms with van der Waals surface area (Å²) < 4.78 is 16.7. The molecule has 0 aromatic carbocycles. The van der Waals surface area contributed by atoms with Crippen LogP contribution in [0.15, 0.2) is 0 Å². The molecular weight excluding hydrogens is 242 g/mol. The first-order chi connectivity index (χ1) is 8.05. The normalized spacial score (nSPS) is 11.5. The Morgan fingerprint density at radius 3 is 1.71 bits per heavy atom. The molecule has 6 nitrogen and oxygen atoms in total. The van der Waals surface area contributed by atoms with Crippen molar-refractivity contribution in [2.45, 2.75) is 27.7 Å². The Labute approximate surface area is 104 Å². The van der Waals surface area contributed by atoms with E-state index in [4.69, 9.17) is 18.4 Å². The third-order valence-electron chi connectivity index (χ3n) is 2.13. The van der Waals surface area contributed by atoms with Gasteiger partial charge in [-0.3, -0.25) is 0 Å². The first-order valence-electron chi connectivity index (χ1n) is 5.94. The molecule has 1 amide bonds. The predicted molar refractivity (Wildman–Crippen MR) is 65.9 cm³/mol. The quantitative estimate of drug-likeness (QED) is 0.641. The number of nitrogens with zero attached hydrogens (tertiary/aromatic N) is 1. The molecule has 0 aliphatic heterocycles. The lowest BCUT2D eigenvalue weighted by molar-refractivity contribution is 0.0563. The number of carbonyl (C=O) groups is 1. The van der Waals surface area contributed by atoms with Gasteiger partial charge in [0, 0.05) is 26.4 Å². The number of amides is 1. The Balaban J connectivity index is 4.78. The molecule has 0 aromatic heterocycles. The van der Waals surface area contributed by atoms with E-state index in [1.165, 1.54) is 4.90 Å². The van der Waals surface area contributed by atoms with Gasteiger partial charge < -0.3 is 23.3 Å². The van der Waals surface area contributed by atoms with Crippen LogP contribution in [0.1, 0.15) is 27.7 Å². The van der Waals surface area contributed by atoms with E-state index in [9.17, 15) is 4.79 Å². The molecular formula is C10H23NO5Si. The largest absolute Gasteiger partial charge is 0.521 e. The highest BCUT2D eigenvalue weighted by Crippen LogP contribution is 2.12. The van der Waals surface area contributed by atoms with Crippen LogP contribution in [0.25, 0.3) is 0 Å². The highest BCUT2D eigenvalue weighted by Gasteiger charge is 2.43. The van der Waals surface area contributed by atoms with Gasteiger partial charge in [0.1, 0.15) is 0 Å². The molecule has 0 saturated carbocycles. The van der Waals surface area contributed by atoms with Gasteiger partial charge in [0.05, 0.1) is 6.17 Å². The molecule has 0 atom stereocenters. The zero-order chi connectivity index (χ0) is 13.3. The maximum atomic E-state index is 11.0. The van der Waals surface area contributed by atoms with Crippen LogP contribution in [-0.4, -0.2) is 57.4 Å². The summed E-state index contributed by atoms with van der Waals surface area (Å²) in [5, 5.41) is 9.02. The predicted octanol–water partition coefficient (Wildman–Crippen LogP) is 1.57. The minimum Gasteiger partial charge on any atom is -0.465 e. The van der Waals surface area contributed by atoms with E-state index in [-0.39, 0.29) is 6.17 Å². The molecule has 0 bridgehead atoms. The van der Waals surface area contributed by atoms with Crippen molar-refractivity contribution in [3.05, 3.63) is 0 Å². The molecule has 1 N–H and O–H groups in total. The van der Waals surface area contributed by atoms with Crippen LogP contribution >= 0.6 is 0 Å². The Morgan fingerprint density at radius 2 is 1.47 bits per heavy atom. The zero-order valence-corrected chi connectivity index (χ0v) is 12.1. The second-order valence-electron chi connectivity index (χ2n) is 3.28. The molecule has 0 radical (unpaired) electrons. The summed E-state index contributed by atoms with van der Waals surface area (Å²) in [6, 6.07) is 0. The minimum absolute atomic E-state index is 0.175. The molecule has 0 aliphatic rings. The van der Waals surface area contributed by atoms with Crippen LogP contribution < -0.4 is 0 Å². The summed E-state index contributed by atoms with van der Waals surface area (Å²) in [4.78, 5) is 12.3. The Bertz CT molecular complexity index is 210. The third kappa shape index (κ3) is 5.49. The van der Waals surface area contributed by atoms with E-state index in [0.29, 0.717) is 26.4 Å². The molecule has 0 rings (SSSR count). The van der Waals surface area contributed by atoms with Crippen molar-refractivity contribution in [2.24, 2.45) is 0 Å². The number of hydrogen-bond acceptors (Lipinski definition) is 4. The van der Waals surface area contributed by atoms with Crippen molar-refractivity contribution in [2.75, 3.05) is 32.5 Å². The van der Waals surface area contributed by atoms with Crippen molar-refractivity contribution in [3.63, 3.8) is 0 Å². The Morgan fingerprint density at radius 1 is 1.06 bits per heavy atom. The van der Waals surface area contributed by atoms with Crippen molar-refractivity contribution >= 4 is 14.9 Å². The van der Waals surface area contributed by atoms with Gasteiger partial charge in [-0.15, -0.1) is 0 Å². The molecule has 102 valence electrons. The summed E-state index contributed by atoms with van der Waals surface area (Å²) >= 11 is 0. The van der Waals surface area contributed by atoms with Crippen LogP contribution in [0.3, 0.4) is 0 Å². The van der Waals surface area contributed by atoms with Gasteiger partial charge in [-0.1, -0.05) is 0 Å². The Hall–Kier alpha value is -0.633. The fourth-order valence-electron chi connectivity index (χ4n) is 1.47. The molecule has 0 heterocycles. The smallest absolute Gasteiger partial charge is 0.465 e. The van der Waals surface area contributed by atoms with E-state index >= 15 is 0 Å². The molecule has 0 unspecified atom stereocenters. The maximum absolute atomic E-state index is 11.0. The lowest BCUT2D eigenvalue weighted by atomic mass is 10.7. The van der Waals surface area contributed by atoms with E-state index in [1.807, 2.05) is 20.8 Å². The topological polar surface area (TPSA) is 68.2 Å². The molecule has 7 heteroatoms. The van der Waals surface area contributed by atoms with Crippen LogP contribution in [0, 0.1) is 0 Å². The van der Waals surface area contributed by atoms with Gasteiger partial charge in [-0.25, -0.2) is 4.79 Å². The summed E-state index contributed by atoms with van der Waals surface area (Å²) in [7, 11) is -2.90. The van der Waals surface area contributed by atoms with Gasteiger partial charge >= 0.3 is 14.9 Å². The van der Waals surface area contributed by atoms with Crippen molar-refractivity contribution in [1.29, 1.82) is 0 Å². The highest BCUT2D eigenvalue weighted by molar-refractivity contribution is 6.61. The van der Waals surface area contributed by atoms with Gasteiger partial charge in [-0.05, 0) is 27.7 Å². The zero-order valence-electron chi connectivity index (χ0n) is 11.1. The van der Waals surface area contributed by atoms with Gasteiger partial charge in [-0.2, -0.15) is 0 Å². The average molecular weight is 265 g/mol. The van der Waals surface area contributed by atoms with Crippen molar-refractivity contribution in [1.82, 2.24) is 4.90 Å². The number of rotatable bonds is 9. The van der Waals surface area contributed by atoms with Gasteiger partial charge in [0.25, 0.3) is 0 Å². The molecule has 17 heavy (non-hydrogen) atoms. The van der Waals surface area contributed by atoms with Crippen molar-refractivity contribution in [3.8, 4) is 0 Å².